The molecule has 0 spiro atoms. The third kappa shape index (κ3) is 5.59. The van der Waals surface area contributed by atoms with Gasteiger partial charge in [0, 0.05) is 18.9 Å². The standard InChI is InChI=1S/C27H29BrIN7O/c28-22-18-33-36-25(31-16-19-4-3-11-30-15-19)14-24(34-26(22)36)20-7-12-35(13-8-20)27(37)32-17-21-5-1-2-6-23(21)29-9-10-29/h1-6,11,14-15,18,20,31H,7-10,12-13,16-17H2,(H,32,37). The summed E-state index contributed by atoms with van der Waals surface area (Å²) in [5.41, 5.74) is 4.24. The number of hydrogen-bond donors (Lipinski definition) is 2. The molecule has 37 heavy (non-hydrogen) atoms. The van der Waals surface area contributed by atoms with Gasteiger partial charge in [-0.2, -0.15) is 9.61 Å². The van der Waals surface area contributed by atoms with Crippen molar-refractivity contribution in [3.8, 4) is 0 Å². The summed E-state index contributed by atoms with van der Waals surface area (Å²) in [6.07, 6.45) is 7.18. The quantitative estimate of drug-likeness (QED) is 0.206. The maximum absolute atomic E-state index is 12.9. The van der Waals surface area contributed by atoms with E-state index in [-0.39, 0.29) is 11.9 Å². The van der Waals surface area contributed by atoms with Gasteiger partial charge in [-0.15, -0.1) is 0 Å². The van der Waals surface area contributed by atoms with E-state index < -0.39 is 19.8 Å². The number of nitrogens with one attached hydrogen (secondary N) is 2. The summed E-state index contributed by atoms with van der Waals surface area (Å²) in [5.74, 6) is 1.19. The second-order valence-corrected chi connectivity index (χ2v) is 16.1. The van der Waals surface area contributed by atoms with Crippen molar-refractivity contribution in [1.29, 1.82) is 0 Å². The zero-order chi connectivity index (χ0) is 25.2. The predicted octanol–water partition coefficient (Wildman–Crippen LogP) is 5.28. The second-order valence-electron chi connectivity index (χ2n) is 9.35. The van der Waals surface area contributed by atoms with Gasteiger partial charge in [-0.05, 0) is 27.6 Å². The summed E-state index contributed by atoms with van der Waals surface area (Å²) in [6, 6.07) is 14.8. The molecular formula is C27H29BrIN7O. The molecule has 2 aliphatic heterocycles. The normalized spacial score (nSPS) is 16.7. The van der Waals surface area contributed by atoms with Gasteiger partial charge in [0.05, 0.1) is 10.7 Å². The van der Waals surface area contributed by atoms with E-state index in [1.54, 1.807) is 16.0 Å². The molecule has 2 fully saturated rings. The number of likely N-dealkylation sites (tertiary alicyclic amines) is 1. The van der Waals surface area contributed by atoms with Crippen molar-refractivity contribution in [3.05, 3.63) is 85.9 Å². The van der Waals surface area contributed by atoms with E-state index in [9.17, 15) is 4.79 Å². The first-order valence-electron chi connectivity index (χ1n) is 12.5. The zero-order valence-electron chi connectivity index (χ0n) is 20.4. The number of hydrogen-bond acceptors (Lipinski definition) is 5. The van der Waals surface area contributed by atoms with Crippen LogP contribution in [0.4, 0.5) is 10.6 Å². The molecule has 0 bridgehead atoms. The van der Waals surface area contributed by atoms with Crippen LogP contribution in [0.1, 0.15) is 35.6 Å². The van der Waals surface area contributed by atoms with Crippen LogP contribution in [0.3, 0.4) is 0 Å². The first-order valence-corrected chi connectivity index (χ1v) is 17.5. The fourth-order valence-electron chi connectivity index (χ4n) is 4.79. The predicted molar refractivity (Wildman–Crippen MR) is 157 cm³/mol. The molecule has 0 atom stereocenters. The Labute approximate surface area is 231 Å². The average molecular weight is 674 g/mol. The number of piperidine rings is 1. The number of carbonyl (C=O) groups excluding carboxylic acids is 1. The average Bonchev–Trinajstić information content (AvgIpc) is 3.73. The number of aromatic nitrogens is 4. The molecule has 0 aliphatic carbocycles. The molecule has 8 nitrogen and oxygen atoms in total. The van der Waals surface area contributed by atoms with Crippen molar-refractivity contribution >= 4 is 53.2 Å². The van der Waals surface area contributed by atoms with E-state index in [2.05, 4.69) is 67.0 Å². The molecule has 10 heteroatoms. The summed E-state index contributed by atoms with van der Waals surface area (Å²) in [4.78, 5) is 24.0. The van der Waals surface area contributed by atoms with Gasteiger partial charge in [0.1, 0.15) is 0 Å². The van der Waals surface area contributed by atoms with Crippen molar-refractivity contribution in [2.45, 2.75) is 31.8 Å². The Balaban J connectivity index is 1.10. The third-order valence-corrected chi connectivity index (χ3v) is 12.3. The number of urea groups is 1. The number of benzene rings is 1. The molecule has 1 aromatic carbocycles. The SMILES string of the molecule is O=C(NCc1ccccc1I1CC1)N1CCC(c2cc(NCc3cccnc3)n3ncc(Br)c3n2)CC1. The number of amides is 2. The molecule has 0 saturated carbocycles. The van der Waals surface area contributed by atoms with E-state index in [4.69, 9.17) is 4.98 Å². The van der Waals surface area contributed by atoms with Gasteiger partial charge >= 0.3 is 150 Å². The third-order valence-electron chi connectivity index (χ3n) is 6.90. The van der Waals surface area contributed by atoms with Gasteiger partial charge in [0.25, 0.3) is 0 Å². The number of halogens is 2. The van der Waals surface area contributed by atoms with Gasteiger partial charge < -0.3 is 5.32 Å². The van der Waals surface area contributed by atoms with Crippen LogP contribution in [-0.2, 0) is 13.1 Å². The minimum atomic E-state index is -0.868. The van der Waals surface area contributed by atoms with Gasteiger partial charge in [0.15, 0.2) is 0 Å². The molecule has 2 N–H and O–H groups in total. The first kappa shape index (κ1) is 24.6. The van der Waals surface area contributed by atoms with Gasteiger partial charge in [-0.25, -0.2) is 0 Å². The molecule has 2 saturated heterocycles. The molecule has 4 aromatic rings. The number of fused-ring (bicyclic) bond motifs is 1. The number of anilines is 1. The summed E-state index contributed by atoms with van der Waals surface area (Å²) in [6.45, 7) is 2.72. The molecular weight excluding hydrogens is 645 g/mol. The number of alkyl halides is 2. The van der Waals surface area contributed by atoms with Crippen LogP contribution in [0, 0.1) is 3.57 Å². The van der Waals surface area contributed by atoms with Gasteiger partial charge in [-0.1, -0.05) is 6.07 Å². The van der Waals surface area contributed by atoms with Crippen molar-refractivity contribution in [3.63, 3.8) is 0 Å². The zero-order valence-corrected chi connectivity index (χ0v) is 24.2. The molecule has 0 unspecified atom stereocenters. The summed E-state index contributed by atoms with van der Waals surface area (Å²) < 4.78 is 7.07. The Kier molecular flexibility index (Phi) is 7.27. The minimum absolute atomic E-state index is 0.0358. The fourth-order valence-corrected chi connectivity index (χ4v) is 9.94. The summed E-state index contributed by atoms with van der Waals surface area (Å²) in [5, 5.41) is 11.2. The molecule has 6 rings (SSSR count). The van der Waals surface area contributed by atoms with E-state index in [1.807, 2.05) is 27.7 Å². The molecule has 2 amide bonds. The van der Waals surface area contributed by atoms with Crippen LogP contribution >= 0.6 is 35.7 Å². The Morgan fingerprint density at radius 2 is 1.92 bits per heavy atom. The molecule has 192 valence electrons. The van der Waals surface area contributed by atoms with E-state index in [1.165, 1.54) is 14.4 Å². The topological polar surface area (TPSA) is 87.5 Å². The number of nitrogens with zero attached hydrogens (tertiary/aromatic N) is 5. The summed E-state index contributed by atoms with van der Waals surface area (Å²) >= 11 is 2.73. The number of carbonyl (C=O) groups is 1. The van der Waals surface area contributed by atoms with Gasteiger partial charge in [-0.3, -0.25) is 4.98 Å². The van der Waals surface area contributed by atoms with E-state index in [0.29, 0.717) is 13.1 Å². The monoisotopic (exact) mass is 673 g/mol. The molecule has 0 radical (unpaired) electrons. The Morgan fingerprint density at radius 1 is 1.08 bits per heavy atom. The number of pyridine rings is 1. The van der Waals surface area contributed by atoms with Crippen LogP contribution in [0.15, 0.2) is 65.5 Å². The van der Waals surface area contributed by atoms with Crippen LogP contribution in [0.25, 0.3) is 5.65 Å². The Bertz CT molecular complexity index is 1400. The first-order chi connectivity index (χ1) is 18.2. The molecule has 2 aliphatic rings. The van der Waals surface area contributed by atoms with E-state index >= 15 is 0 Å². The second kappa shape index (κ2) is 10.9. The van der Waals surface area contributed by atoms with Crippen LogP contribution in [0.5, 0.6) is 0 Å². The van der Waals surface area contributed by atoms with Crippen LogP contribution < -0.4 is 10.6 Å². The van der Waals surface area contributed by atoms with Crippen molar-refractivity contribution in [1.82, 2.24) is 29.8 Å². The molecule has 5 heterocycles. The van der Waals surface area contributed by atoms with Crippen LogP contribution in [-0.4, -0.2) is 52.5 Å². The fraction of sp³-hybridized carbons (Fsp3) is 0.333. The van der Waals surface area contributed by atoms with Gasteiger partial charge in [0.2, 0.25) is 0 Å². The Hall–Kier alpha value is -2.73. The number of rotatable bonds is 7. The van der Waals surface area contributed by atoms with Crippen LogP contribution in [0.2, 0.25) is 0 Å². The van der Waals surface area contributed by atoms with Crippen molar-refractivity contribution in [2.24, 2.45) is 0 Å². The summed E-state index contributed by atoms with van der Waals surface area (Å²) in [7, 11) is 0. The Morgan fingerprint density at radius 3 is 2.70 bits per heavy atom. The molecule has 3 aromatic heterocycles. The maximum atomic E-state index is 12.9. The van der Waals surface area contributed by atoms with Crippen molar-refractivity contribution in [2.75, 3.05) is 27.3 Å². The van der Waals surface area contributed by atoms with Crippen molar-refractivity contribution < 1.29 is 4.79 Å². The van der Waals surface area contributed by atoms with E-state index in [0.717, 1.165) is 53.1 Å².